The Morgan fingerprint density at radius 3 is 2.33 bits per heavy atom. The van der Waals surface area contributed by atoms with E-state index in [-0.39, 0.29) is 17.4 Å². The minimum Gasteiger partial charge on any atom is -0.478 e. The summed E-state index contributed by atoms with van der Waals surface area (Å²) in [4.78, 5) is 10.8. The molecule has 1 fully saturated rings. The van der Waals surface area contributed by atoms with Gasteiger partial charge in [0.1, 0.15) is 0 Å². The monoisotopic (exact) mass is 311 g/mol. The third-order valence-corrected chi connectivity index (χ3v) is 5.73. The standard InChI is InChI=1S/C15H21NO4S/c1-10-3-8-14(11(10)2)16-21(19,20)9-12-4-6-13(7-5-12)15(17)18/h4-7,10-11,14,16H,3,8-9H2,1-2H3,(H,17,18). The third kappa shape index (κ3) is 4.04. The van der Waals surface area contributed by atoms with E-state index in [2.05, 4.69) is 18.6 Å². The van der Waals surface area contributed by atoms with Crippen molar-refractivity contribution < 1.29 is 18.3 Å². The number of hydrogen-bond acceptors (Lipinski definition) is 3. The Hall–Kier alpha value is -1.40. The number of benzene rings is 1. The Balaban J connectivity index is 2.02. The lowest BCUT2D eigenvalue weighted by molar-refractivity contribution is 0.0697. The molecule has 1 aromatic rings. The van der Waals surface area contributed by atoms with Crippen molar-refractivity contribution in [2.75, 3.05) is 0 Å². The van der Waals surface area contributed by atoms with E-state index in [0.29, 0.717) is 17.4 Å². The highest BCUT2D eigenvalue weighted by molar-refractivity contribution is 7.88. The van der Waals surface area contributed by atoms with E-state index in [0.717, 1.165) is 12.8 Å². The van der Waals surface area contributed by atoms with Crippen molar-refractivity contribution in [3.8, 4) is 0 Å². The summed E-state index contributed by atoms with van der Waals surface area (Å²) in [6.07, 6.45) is 1.92. The smallest absolute Gasteiger partial charge is 0.335 e. The lowest BCUT2D eigenvalue weighted by Gasteiger charge is -2.19. The van der Waals surface area contributed by atoms with Crippen LogP contribution in [0, 0.1) is 11.8 Å². The van der Waals surface area contributed by atoms with Crippen molar-refractivity contribution in [1.29, 1.82) is 0 Å². The molecule has 0 spiro atoms. The molecule has 0 aliphatic heterocycles. The van der Waals surface area contributed by atoms with Gasteiger partial charge in [-0.25, -0.2) is 17.9 Å². The molecule has 2 N–H and O–H groups in total. The van der Waals surface area contributed by atoms with E-state index >= 15 is 0 Å². The summed E-state index contributed by atoms with van der Waals surface area (Å²) in [5, 5.41) is 8.82. The van der Waals surface area contributed by atoms with Crippen LogP contribution in [-0.4, -0.2) is 25.5 Å². The number of carbonyl (C=O) groups is 1. The summed E-state index contributed by atoms with van der Waals surface area (Å²) >= 11 is 0. The first kappa shape index (κ1) is 16.0. The number of carboxylic acid groups (broad SMARTS) is 1. The van der Waals surface area contributed by atoms with E-state index in [1.165, 1.54) is 12.1 Å². The molecule has 2 rings (SSSR count). The van der Waals surface area contributed by atoms with Gasteiger partial charge in [0.2, 0.25) is 10.0 Å². The van der Waals surface area contributed by atoms with E-state index in [9.17, 15) is 13.2 Å². The van der Waals surface area contributed by atoms with Crippen LogP contribution >= 0.6 is 0 Å². The largest absolute Gasteiger partial charge is 0.478 e. The van der Waals surface area contributed by atoms with Gasteiger partial charge in [-0.15, -0.1) is 0 Å². The summed E-state index contributed by atoms with van der Waals surface area (Å²) in [5.41, 5.74) is 0.744. The van der Waals surface area contributed by atoms with Crippen LogP contribution in [0.15, 0.2) is 24.3 Å². The predicted octanol–water partition coefficient (Wildman–Crippen LogP) is 2.24. The van der Waals surface area contributed by atoms with Crippen molar-refractivity contribution in [3.63, 3.8) is 0 Å². The van der Waals surface area contributed by atoms with Gasteiger partial charge in [-0.3, -0.25) is 0 Å². The number of nitrogens with one attached hydrogen (secondary N) is 1. The van der Waals surface area contributed by atoms with Gasteiger partial charge in [-0.2, -0.15) is 0 Å². The highest BCUT2D eigenvalue weighted by Crippen LogP contribution is 2.31. The first-order valence-electron chi connectivity index (χ1n) is 7.11. The lowest BCUT2D eigenvalue weighted by atomic mass is 9.98. The summed E-state index contributed by atoms with van der Waals surface area (Å²) in [5.74, 6) is -0.261. The van der Waals surface area contributed by atoms with Gasteiger partial charge in [0.05, 0.1) is 11.3 Å². The van der Waals surface area contributed by atoms with E-state index < -0.39 is 16.0 Å². The maximum atomic E-state index is 12.2. The van der Waals surface area contributed by atoms with Gasteiger partial charge in [-0.05, 0) is 42.4 Å². The van der Waals surface area contributed by atoms with Gasteiger partial charge in [0.25, 0.3) is 0 Å². The molecule has 0 aromatic heterocycles. The fraction of sp³-hybridized carbons (Fsp3) is 0.533. The van der Waals surface area contributed by atoms with Crippen molar-refractivity contribution in [1.82, 2.24) is 4.72 Å². The minimum absolute atomic E-state index is 0.00305. The summed E-state index contributed by atoms with van der Waals surface area (Å²) in [7, 11) is -3.40. The van der Waals surface area contributed by atoms with Gasteiger partial charge in [0.15, 0.2) is 0 Å². The molecule has 0 radical (unpaired) electrons. The number of aromatic carboxylic acids is 1. The average Bonchev–Trinajstić information content (AvgIpc) is 2.70. The lowest BCUT2D eigenvalue weighted by Crippen LogP contribution is -2.38. The Kier molecular flexibility index (Phi) is 4.68. The number of hydrogen-bond donors (Lipinski definition) is 2. The molecule has 1 aliphatic rings. The van der Waals surface area contributed by atoms with Crippen molar-refractivity contribution >= 4 is 16.0 Å². The van der Waals surface area contributed by atoms with Crippen molar-refractivity contribution in [2.24, 2.45) is 11.8 Å². The SMILES string of the molecule is CC1CCC(NS(=O)(=O)Cc2ccc(C(=O)O)cc2)C1C. The average molecular weight is 311 g/mol. The van der Waals surface area contributed by atoms with Crippen LogP contribution in [0.1, 0.15) is 42.6 Å². The van der Waals surface area contributed by atoms with Crippen LogP contribution in [-0.2, 0) is 15.8 Å². The van der Waals surface area contributed by atoms with Crippen molar-refractivity contribution in [2.45, 2.75) is 38.5 Å². The van der Waals surface area contributed by atoms with Gasteiger partial charge >= 0.3 is 5.97 Å². The summed E-state index contributed by atoms with van der Waals surface area (Å²) in [6, 6.07) is 5.94. The molecule has 3 unspecified atom stereocenters. The zero-order chi connectivity index (χ0) is 15.6. The highest BCUT2D eigenvalue weighted by Gasteiger charge is 2.32. The van der Waals surface area contributed by atoms with E-state index in [4.69, 9.17) is 5.11 Å². The van der Waals surface area contributed by atoms with Gasteiger partial charge in [-0.1, -0.05) is 26.0 Å². The van der Waals surface area contributed by atoms with Gasteiger partial charge < -0.3 is 5.11 Å². The molecule has 116 valence electrons. The second-order valence-corrected chi connectivity index (χ2v) is 7.65. The summed E-state index contributed by atoms with van der Waals surface area (Å²) in [6.45, 7) is 4.22. The summed E-state index contributed by atoms with van der Waals surface area (Å²) < 4.78 is 27.2. The Bertz CT molecular complexity index is 609. The molecule has 1 aliphatic carbocycles. The quantitative estimate of drug-likeness (QED) is 0.873. The van der Waals surface area contributed by atoms with E-state index in [1.807, 2.05) is 0 Å². The minimum atomic E-state index is -3.40. The highest BCUT2D eigenvalue weighted by atomic mass is 32.2. The van der Waals surface area contributed by atoms with Crippen LogP contribution in [0.5, 0.6) is 0 Å². The topological polar surface area (TPSA) is 83.5 Å². The van der Waals surface area contributed by atoms with Crippen LogP contribution in [0.4, 0.5) is 0 Å². The Labute approximate surface area is 125 Å². The second-order valence-electron chi connectivity index (χ2n) is 5.90. The first-order chi connectivity index (χ1) is 9.78. The zero-order valence-corrected chi connectivity index (χ0v) is 13.1. The molecule has 0 saturated heterocycles. The normalized spacial score (nSPS) is 25.9. The molecule has 0 bridgehead atoms. The van der Waals surface area contributed by atoms with Crippen molar-refractivity contribution in [3.05, 3.63) is 35.4 Å². The van der Waals surface area contributed by atoms with Crippen LogP contribution in [0.2, 0.25) is 0 Å². The van der Waals surface area contributed by atoms with E-state index in [1.54, 1.807) is 12.1 Å². The number of sulfonamides is 1. The third-order valence-electron chi connectivity index (χ3n) is 4.35. The Morgan fingerprint density at radius 2 is 1.86 bits per heavy atom. The zero-order valence-electron chi connectivity index (χ0n) is 12.2. The molecule has 5 nitrogen and oxygen atoms in total. The molecule has 0 amide bonds. The van der Waals surface area contributed by atoms with Crippen LogP contribution < -0.4 is 4.72 Å². The maximum Gasteiger partial charge on any atom is 0.335 e. The molecule has 3 atom stereocenters. The molecular weight excluding hydrogens is 290 g/mol. The van der Waals surface area contributed by atoms with Crippen LogP contribution in [0.3, 0.4) is 0 Å². The van der Waals surface area contributed by atoms with Gasteiger partial charge in [0, 0.05) is 6.04 Å². The number of carboxylic acids is 1. The molecule has 6 heteroatoms. The maximum absolute atomic E-state index is 12.2. The fourth-order valence-corrected chi connectivity index (χ4v) is 4.27. The molecule has 1 saturated carbocycles. The predicted molar refractivity (Wildman–Crippen MR) is 80.5 cm³/mol. The number of rotatable bonds is 5. The molecule has 21 heavy (non-hydrogen) atoms. The molecule has 0 heterocycles. The molecular formula is C15H21NO4S. The first-order valence-corrected chi connectivity index (χ1v) is 8.76. The molecule has 1 aromatic carbocycles. The fourth-order valence-electron chi connectivity index (χ4n) is 2.77. The van der Waals surface area contributed by atoms with Crippen LogP contribution in [0.25, 0.3) is 0 Å². The Morgan fingerprint density at radius 1 is 1.24 bits per heavy atom. The second kappa shape index (κ2) is 6.15.